The quantitative estimate of drug-likeness (QED) is 0.412. The number of primary amides is 1. The molecule has 2 aliphatic heterocycles. The van der Waals surface area contributed by atoms with Crippen molar-refractivity contribution in [1.82, 2.24) is 9.80 Å². The van der Waals surface area contributed by atoms with Crippen molar-refractivity contribution in [3.05, 3.63) is 61.8 Å². The Labute approximate surface area is 232 Å². The van der Waals surface area contributed by atoms with Crippen LogP contribution in [-0.2, 0) is 17.6 Å². The number of aromatic nitrogens is 1. The van der Waals surface area contributed by atoms with Crippen molar-refractivity contribution >= 4 is 46.7 Å². The highest BCUT2D eigenvalue weighted by Gasteiger charge is 2.41. The van der Waals surface area contributed by atoms with Crippen molar-refractivity contribution < 1.29 is 19.5 Å². The summed E-state index contributed by atoms with van der Waals surface area (Å²) in [6, 6.07) is 5.30. The Morgan fingerprint density at radius 2 is 1.54 bits per heavy atom. The fraction of sp³-hybridized carbons (Fsp3) is 0.519. The first-order valence-corrected chi connectivity index (χ1v) is 14.1. The molecule has 5 rings (SSSR count). The minimum atomic E-state index is -0.387. The van der Waals surface area contributed by atoms with Crippen molar-refractivity contribution in [3.63, 3.8) is 0 Å². The third-order valence-electron chi connectivity index (χ3n) is 8.34. The zero-order valence-electron chi connectivity index (χ0n) is 20.6. The summed E-state index contributed by atoms with van der Waals surface area (Å²) in [5.41, 5.74) is 9.31. The number of carbonyl (C=O) groups is 2. The second kappa shape index (κ2) is 10.9. The highest BCUT2D eigenvalue weighted by atomic mass is 35.5. The number of rotatable bonds is 3. The van der Waals surface area contributed by atoms with Gasteiger partial charge in [-0.2, -0.15) is 0 Å². The Hall–Kier alpha value is -2.22. The first-order valence-electron chi connectivity index (χ1n) is 12.9. The van der Waals surface area contributed by atoms with Crippen molar-refractivity contribution in [2.45, 2.75) is 50.9 Å². The molecule has 37 heavy (non-hydrogen) atoms. The molecule has 3 N–H and O–H groups in total. The van der Waals surface area contributed by atoms with Crippen LogP contribution in [0.5, 0.6) is 0 Å². The number of hydrogen-bond donors (Lipinski definition) is 2. The number of fused-ring (bicyclic) bond motifs is 2. The topological polar surface area (TPSA) is 90.8 Å². The second-order valence-electron chi connectivity index (χ2n) is 10.5. The Kier molecular flexibility index (Phi) is 7.75. The van der Waals surface area contributed by atoms with Gasteiger partial charge in [0.25, 0.3) is 0 Å². The Morgan fingerprint density at radius 3 is 2.22 bits per heavy atom. The molecule has 2 fully saturated rings. The maximum absolute atomic E-state index is 13.1. The molecule has 198 valence electrons. The molecular weight excluding hydrogens is 535 g/mol. The smallest absolute Gasteiger partial charge is 0.314 e. The number of halogens is 3. The molecule has 1 aliphatic carbocycles. The molecule has 1 atom stereocenters. The molecule has 1 unspecified atom stereocenters. The lowest BCUT2D eigenvalue weighted by atomic mass is 9.76. The summed E-state index contributed by atoms with van der Waals surface area (Å²) < 4.78 is 1.17. The van der Waals surface area contributed by atoms with Gasteiger partial charge >= 0.3 is 6.03 Å². The number of piperidine rings is 2. The molecule has 2 saturated heterocycles. The van der Waals surface area contributed by atoms with Crippen molar-refractivity contribution in [2.75, 3.05) is 26.2 Å². The Bertz CT molecular complexity index is 1150. The van der Waals surface area contributed by atoms with Gasteiger partial charge in [0.15, 0.2) is 0 Å². The van der Waals surface area contributed by atoms with Crippen LogP contribution in [0.1, 0.15) is 60.4 Å². The van der Waals surface area contributed by atoms with Crippen LogP contribution in [0.4, 0.5) is 4.79 Å². The molecule has 2 aromatic rings. The fourth-order valence-electron chi connectivity index (χ4n) is 6.43. The highest BCUT2D eigenvalue weighted by molar-refractivity contribution is 6.35. The molecule has 1 aromatic carbocycles. The maximum Gasteiger partial charge on any atom is 0.314 e. The van der Waals surface area contributed by atoms with E-state index < -0.39 is 0 Å². The van der Waals surface area contributed by atoms with Crippen LogP contribution in [0.25, 0.3) is 0 Å². The minimum absolute atomic E-state index is 0.130. The first kappa shape index (κ1) is 26.4. The number of carbonyl (C=O) groups excluding carboxylic acids is 2. The molecule has 10 heteroatoms. The van der Waals surface area contributed by atoms with E-state index in [2.05, 4.69) is 0 Å². The van der Waals surface area contributed by atoms with Gasteiger partial charge in [0.1, 0.15) is 5.02 Å². The molecule has 0 saturated carbocycles. The summed E-state index contributed by atoms with van der Waals surface area (Å²) in [4.78, 5) is 28.1. The number of urea groups is 1. The summed E-state index contributed by atoms with van der Waals surface area (Å²) in [6.07, 6.45) is 6.74. The van der Waals surface area contributed by atoms with Crippen molar-refractivity contribution in [2.24, 2.45) is 17.6 Å². The third-order valence-corrected chi connectivity index (χ3v) is 9.07. The molecule has 7 nitrogen and oxygen atoms in total. The standard InChI is InChI=1S/C27H31Cl3N4O3/c28-20-12-18-1-2-19-13-21(29)15-34(37)26(19)25(24(18)22(30)14-20)17-5-9-32(10-6-17)23(35)11-16-3-7-33(8-4-16)27(31)36/h12-17,25H,1-11H2,(H2-,31,36,37)/p+1. The summed E-state index contributed by atoms with van der Waals surface area (Å²) in [5, 5.41) is 12.7. The summed E-state index contributed by atoms with van der Waals surface area (Å²) >= 11 is 19.5. The molecule has 0 spiro atoms. The molecular formula is C27H32Cl3N4O3+. The molecule has 3 amide bonds. The predicted molar refractivity (Wildman–Crippen MR) is 142 cm³/mol. The van der Waals surface area contributed by atoms with E-state index in [9.17, 15) is 14.8 Å². The number of benzene rings is 1. The lowest BCUT2D eigenvalue weighted by Crippen LogP contribution is -2.45. The Balaban J connectivity index is 1.34. The number of likely N-dealkylation sites (tertiary alicyclic amines) is 2. The summed E-state index contributed by atoms with van der Waals surface area (Å²) in [5.74, 6) is 0.515. The summed E-state index contributed by atoms with van der Waals surface area (Å²) in [7, 11) is 0. The van der Waals surface area contributed by atoms with E-state index in [-0.39, 0.29) is 29.7 Å². The van der Waals surface area contributed by atoms with Gasteiger partial charge in [-0.25, -0.2) is 4.79 Å². The number of nitrogens with two attached hydrogens (primary N) is 1. The molecule has 1 aromatic heterocycles. The fourth-order valence-corrected chi connectivity index (χ4v) is 7.30. The van der Waals surface area contributed by atoms with Gasteiger partial charge in [-0.05, 0) is 79.7 Å². The largest absolute Gasteiger partial charge is 0.351 e. The van der Waals surface area contributed by atoms with Gasteiger partial charge in [-0.15, -0.1) is 0 Å². The van der Waals surface area contributed by atoms with Gasteiger partial charge in [0.2, 0.25) is 17.8 Å². The van der Waals surface area contributed by atoms with Crippen molar-refractivity contribution in [1.29, 1.82) is 0 Å². The summed E-state index contributed by atoms with van der Waals surface area (Å²) in [6.45, 7) is 2.56. The molecule has 0 bridgehead atoms. The average molecular weight is 567 g/mol. The maximum atomic E-state index is 13.1. The van der Waals surface area contributed by atoms with Gasteiger partial charge < -0.3 is 15.5 Å². The monoisotopic (exact) mass is 565 g/mol. The zero-order chi connectivity index (χ0) is 26.3. The second-order valence-corrected chi connectivity index (χ2v) is 11.8. The van der Waals surface area contributed by atoms with Crippen molar-refractivity contribution in [3.8, 4) is 0 Å². The van der Waals surface area contributed by atoms with E-state index >= 15 is 0 Å². The van der Waals surface area contributed by atoms with Crippen LogP contribution in [0.3, 0.4) is 0 Å². The van der Waals surface area contributed by atoms with Crippen LogP contribution in [0.15, 0.2) is 24.4 Å². The number of pyridine rings is 1. The third kappa shape index (κ3) is 5.50. The average Bonchev–Trinajstić information content (AvgIpc) is 3.02. The molecule has 0 radical (unpaired) electrons. The van der Waals surface area contributed by atoms with E-state index in [4.69, 9.17) is 40.5 Å². The van der Waals surface area contributed by atoms with E-state index in [0.29, 0.717) is 47.7 Å². The van der Waals surface area contributed by atoms with E-state index in [0.717, 1.165) is 60.9 Å². The van der Waals surface area contributed by atoms with Gasteiger partial charge in [-0.1, -0.05) is 34.8 Å². The molecule has 3 heterocycles. The number of aryl methyl sites for hydroxylation is 2. The minimum Gasteiger partial charge on any atom is -0.351 e. The van der Waals surface area contributed by atoms with E-state index in [1.807, 2.05) is 17.0 Å². The van der Waals surface area contributed by atoms with Gasteiger partial charge in [0, 0.05) is 52.9 Å². The van der Waals surface area contributed by atoms with Crippen LogP contribution < -0.4 is 10.5 Å². The lowest BCUT2D eigenvalue weighted by Gasteiger charge is -2.37. The SMILES string of the molecule is NC(=O)N1CCC(CC(=O)N2CCC(C3c4c(Cl)cc(Cl)cc4CCc4cc(Cl)c[n+](O)c43)CC2)CC1. The van der Waals surface area contributed by atoms with Gasteiger partial charge in [0.05, 0.1) is 5.92 Å². The van der Waals surface area contributed by atoms with Crippen LogP contribution >= 0.6 is 34.8 Å². The normalized spacial score (nSPS) is 20.8. The predicted octanol–water partition coefficient (Wildman–Crippen LogP) is 4.82. The number of amides is 3. The zero-order valence-corrected chi connectivity index (χ0v) is 22.9. The number of hydrogen-bond acceptors (Lipinski definition) is 3. The number of nitrogens with zero attached hydrogens (tertiary/aromatic N) is 3. The Morgan fingerprint density at radius 1 is 0.919 bits per heavy atom. The molecule has 3 aliphatic rings. The van der Waals surface area contributed by atoms with E-state index in [1.165, 1.54) is 10.9 Å². The van der Waals surface area contributed by atoms with Crippen LogP contribution in [0, 0.1) is 11.8 Å². The van der Waals surface area contributed by atoms with Crippen LogP contribution in [0.2, 0.25) is 15.1 Å². The van der Waals surface area contributed by atoms with Crippen LogP contribution in [-0.4, -0.2) is 53.1 Å². The van der Waals surface area contributed by atoms with E-state index in [1.54, 1.807) is 11.0 Å². The lowest BCUT2D eigenvalue weighted by molar-refractivity contribution is -0.910. The first-order chi connectivity index (χ1) is 17.7. The highest BCUT2D eigenvalue weighted by Crippen LogP contribution is 2.45. The van der Waals surface area contributed by atoms with Gasteiger partial charge in [-0.3, -0.25) is 10.0 Å².